The van der Waals surface area contributed by atoms with Crippen molar-refractivity contribution in [2.75, 3.05) is 13.6 Å². The predicted molar refractivity (Wildman–Crippen MR) is 92.2 cm³/mol. The number of halogens is 1. The lowest BCUT2D eigenvalue weighted by atomic mass is 10.2. The number of aromatic amines is 1. The number of likely N-dealkylation sites (N-methyl/N-ethyl adjacent to an activating group) is 1. The fourth-order valence-corrected chi connectivity index (χ4v) is 2.94. The number of imidazole rings is 1. The summed E-state index contributed by atoms with van der Waals surface area (Å²) in [7, 11) is 2.18. The van der Waals surface area contributed by atoms with Gasteiger partial charge in [0.25, 0.3) is 0 Å². The highest BCUT2D eigenvalue weighted by molar-refractivity contribution is 14.1. The molecule has 1 heterocycles. The van der Waals surface area contributed by atoms with E-state index in [9.17, 15) is 0 Å². The van der Waals surface area contributed by atoms with Crippen molar-refractivity contribution in [2.45, 2.75) is 32.9 Å². The van der Waals surface area contributed by atoms with Crippen LogP contribution in [0.4, 0.5) is 0 Å². The van der Waals surface area contributed by atoms with Crippen molar-refractivity contribution in [3.63, 3.8) is 0 Å². The Morgan fingerprint density at radius 2 is 2.21 bits per heavy atom. The van der Waals surface area contributed by atoms with Crippen LogP contribution in [0.2, 0.25) is 0 Å². The summed E-state index contributed by atoms with van der Waals surface area (Å²) < 4.78 is 4.24. The molecule has 0 aliphatic heterocycles. The molecule has 0 spiro atoms. The molecule has 3 nitrogen and oxygen atoms in total. The number of benzene rings is 1. The van der Waals surface area contributed by atoms with Crippen LogP contribution >= 0.6 is 34.8 Å². The quantitative estimate of drug-likeness (QED) is 0.617. The van der Waals surface area contributed by atoms with E-state index >= 15 is 0 Å². The van der Waals surface area contributed by atoms with Crippen LogP contribution in [0.5, 0.6) is 0 Å². The summed E-state index contributed by atoms with van der Waals surface area (Å²) in [4.78, 5) is 5.67. The first-order chi connectivity index (χ1) is 9.02. The fourth-order valence-electron chi connectivity index (χ4n) is 2.15. The number of hydrogen-bond donors (Lipinski definition) is 1. The van der Waals surface area contributed by atoms with Crippen molar-refractivity contribution in [1.29, 1.82) is 0 Å². The first kappa shape index (κ1) is 15.0. The molecule has 0 aliphatic carbocycles. The normalized spacial score (nSPS) is 13.3. The van der Waals surface area contributed by atoms with Crippen molar-refractivity contribution < 1.29 is 0 Å². The smallest absolute Gasteiger partial charge is 0.178 e. The van der Waals surface area contributed by atoms with E-state index in [-0.39, 0.29) is 0 Å². The minimum Gasteiger partial charge on any atom is -0.331 e. The van der Waals surface area contributed by atoms with Gasteiger partial charge in [-0.25, -0.2) is 0 Å². The Balaban J connectivity index is 2.21. The second-order valence-corrected chi connectivity index (χ2v) is 6.61. The van der Waals surface area contributed by atoms with Gasteiger partial charge >= 0.3 is 0 Å². The summed E-state index contributed by atoms with van der Waals surface area (Å²) in [6.07, 6.45) is 1.17. The average molecular weight is 389 g/mol. The topological polar surface area (TPSA) is 24.0 Å². The van der Waals surface area contributed by atoms with E-state index in [0.29, 0.717) is 6.04 Å². The molecule has 1 atom stereocenters. The van der Waals surface area contributed by atoms with Gasteiger partial charge in [0.2, 0.25) is 0 Å². The Morgan fingerprint density at radius 1 is 1.47 bits per heavy atom. The number of rotatable bonds is 5. The Kier molecular flexibility index (Phi) is 5.03. The zero-order chi connectivity index (χ0) is 14.0. The molecule has 104 valence electrons. The molecular weight excluding hydrogens is 369 g/mol. The molecule has 5 heteroatoms. The number of hydrogen-bond acceptors (Lipinski definition) is 2. The largest absolute Gasteiger partial charge is 0.331 e. The molecule has 1 aromatic carbocycles. The van der Waals surface area contributed by atoms with Gasteiger partial charge in [0.15, 0.2) is 4.77 Å². The monoisotopic (exact) mass is 389 g/mol. The zero-order valence-electron chi connectivity index (χ0n) is 11.6. The van der Waals surface area contributed by atoms with Gasteiger partial charge in [0.1, 0.15) is 0 Å². The number of fused-ring (bicyclic) bond motifs is 1. The fraction of sp³-hybridized carbons (Fsp3) is 0.500. The van der Waals surface area contributed by atoms with Gasteiger partial charge in [0, 0.05) is 22.7 Å². The van der Waals surface area contributed by atoms with Crippen molar-refractivity contribution in [2.24, 2.45) is 0 Å². The maximum atomic E-state index is 5.43. The van der Waals surface area contributed by atoms with Gasteiger partial charge in [-0.3, -0.25) is 0 Å². The van der Waals surface area contributed by atoms with E-state index in [2.05, 4.69) is 76.1 Å². The Morgan fingerprint density at radius 3 is 2.89 bits per heavy atom. The minimum absolute atomic E-state index is 0.611. The highest BCUT2D eigenvalue weighted by Gasteiger charge is 2.09. The van der Waals surface area contributed by atoms with Crippen LogP contribution in [-0.4, -0.2) is 34.1 Å². The van der Waals surface area contributed by atoms with Crippen LogP contribution in [0.15, 0.2) is 18.2 Å². The average Bonchev–Trinajstić information content (AvgIpc) is 2.69. The summed E-state index contributed by atoms with van der Waals surface area (Å²) in [5.41, 5.74) is 2.33. The molecule has 0 radical (unpaired) electrons. The summed E-state index contributed by atoms with van der Waals surface area (Å²) in [6, 6.07) is 7.02. The van der Waals surface area contributed by atoms with E-state index in [4.69, 9.17) is 12.2 Å². The third-order valence-corrected chi connectivity index (χ3v) is 4.75. The molecular formula is C14H20IN3S. The second-order valence-electron chi connectivity index (χ2n) is 4.98. The lowest BCUT2D eigenvalue weighted by Gasteiger charge is -2.23. The van der Waals surface area contributed by atoms with Gasteiger partial charge < -0.3 is 14.5 Å². The van der Waals surface area contributed by atoms with Crippen LogP contribution in [0.1, 0.15) is 20.3 Å². The number of nitrogens with one attached hydrogen (secondary N) is 1. The van der Waals surface area contributed by atoms with E-state index in [1.54, 1.807) is 0 Å². The van der Waals surface area contributed by atoms with Crippen molar-refractivity contribution in [3.05, 3.63) is 26.5 Å². The third-order valence-electron chi connectivity index (χ3n) is 3.76. The van der Waals surface area contributed by atoms with Crippen LogP contribution in [-0.2, 0) is 6.54 Å². The number of H-pyrrole nitrogens is 1. The zero-order valence-corrected chi connectivity index (χ0v) is 14.6. The Bertz CT molecular complexity index is 617. The molecule has 1 N–H and O–H groups in total. The minimum atomic E-state index is 0.611. The molecule has 1 unspecified atom stereocenters. The second kappa shape index (κ2) is 6.37. The van der Waals surface area contributed by atoms with Gasteiger partial charge in [-0.15, -0.1) is 0 Å². The van der Waals surface area contributed by atoms with Gasteiger partial charge in [-0.2, -0.15) is 0 Å². The highest BCUT2D eigenvalue weighted by atomic mass is 127. The lowest BCUT2D eigenvalue weighted by molar-refractivity contribution is 0.243. The summed E-state index contributed by atoms with van der Waals surface area (Å²) in [5.74, 6) is 0. The Labute approximate surface area is 133 Å². The lowest BCUT2D eigenvalue weighted by Crippen LogP contribution is -2.31. The van der Waals surface area contributed by atoms with Crippen molar-refractivity contribution in [1.82, 2.24) is 14.5 Å². The van der Waals surface area contributed by atoms with E-state index in [0.717, 1.165) is 23.4 Å². The first-order valence-corrected chi connectivity index (χ1v) is 8.10. The van der Waals surface area contributed by atoms with Crippen LogP contribution in [0, 0.1) is 8.34 Å². The van der Waals surface area contributed by atoms with Crippen molar-refractivity contribution >= 4 is 45.8 Å². The first-order valence-electron chi connectivity index (χ1n) is 6.61. The maximum absolute atomic E-state index is 5.43. The third kappa shape index (κ3) is 3.38. The molecule has 0 saturated heterocycles. The summed E-state index contributed by atoms with van der Waals surface area (Å²) in [6.45, 7) is 6.43. The maximum Gasteiger partial charge on any atom is 0.178 e. The molecule has 0 bridgehead atoms. The predicted octanol–water partition coefficient (Wildman–Crippen LogP) is 4.03. The molecule has 19 heavy (non-hydrogen) atoms. The van der Waals surface area contributed by atoms with Crippen LogP contribution in [0.25, 0.3) is 11.0 Å². The molecule has 2 aromatic rings. The SMILES string of the molecule is CCC(C)N(C)CCn1c(=S)[nH]c2cc(I)ccc21. The van der Waals surface area contributed by atoms with Gasteiger partial charge in [0.05, 0.1) is 11.0 Å². The molecule has 0 saturated carbocycles. The molecule has 0 fully saturated rings. The molecule has 1 aromatic heterocycles. The molecule has 0 aliphatic rings. The number of nitrogens with zero attached hydrogens (tertiary/aromatic N) is 2. The molecule has 0 amide bonds. The van der Waals surface area contributed by atoms with Crippen molar-refractivity contribution in [3.8, 4) is 0 Å². The summed E-state index contributed by atoms with van der Waals surface area (Å²) in [5, 5.41) is 0. The van der Waals surface area contributed by atoms with Gasteiger partial charge in [-0.05, 0) is 73.4 Å². The van der Waals surface area contributed by atoms with E-state index < -0.39 is 0 Å². The molecule has 2 rings (SSSR count). The number of aromatic nitrogens is 2. The van der Waals surface area contributed by atoms with Crippen LogP contribution in [0.3, 0.4) is 0 Å². The van der Waals surface area contributed by atoms with E-state index in [1.165, 1.54) is 15.5 Å². The van der Waals surface area contributed by atoms with Crippen LogP contribution < -0.4 is 0 Å². The summed E-state index contributed by atoms with van der Waals surface area (Å²) >= 11 is 7.75. The standard InChI is InChI=1S/C14H20IN3S/c1-4-10(2)17(3)7-8-18-13-6-5-11(15)9-12(13)16-14(18)19/h5-6,9-10H,4,7-8H2,1-3H3,(H,16,19). The highest BCUT2D eigenvalue weighted by Crippen LogP contribution is 2.17. The van der Waals surface area contributed by atoms with Gasteiger partial charge in [-0.1, -0.05) is 6.92 Å². The van der Waals surface area contributed by atoms with E-state index in [1.807, 2.05) is 0 Å². The Hall–Kier alpha value is -0.400.